The highest BCUT2D eigenvalue weighted by molar-refractivity contribution is 5.92. The fourth-order valence-corrected chi connectivity index (χ4v) is 1.41. The molecule has 0 aromatic carbocycles. The maximum atomic E-state index is 11.9. The average Bonchev–Trinajstić information content (AvgIpc) is 2.44. The summed E-state index contributed by atoms with van der Waals surface area (Å²) in [5, 5.41) is 6.98. The Kier molecular flexibility index (Phi) is 8.35. The van der Waals surface area contributed by atoms with E-state index in [2.05, 4.69) is 16.0 Å². The lowest BCUT2D eigenvalue weighted by atomic mass is 10.2. The third kappa shape index (κ3) is 7.04. The number of nitrogens with one attached hydrogen (secondary N) is 3. The molecule has 3 N–H and O–H groups in total. The van der Waals surface area contributed by atoms with Gasteiger partial charge in [-0.1, -0.05) is 0 Å². The first kappa shape index (κ1) is 18.6. The van der Waals surface area contributed by atoms with Crippen molar-refractivity contribution in [2.45, 2.75) is 25.9 Å². The lowest BCUT2D eigenvalue weighted by Crippen LogP contribution is -2.52. The smallest absolute Gasteiger partial charge is 0.245 e. The SMILES string of the molecule is CC(NC=O)C(=O)N[C@@H](C)C(=O)N(C)CC(=O)NCC=O. The van der Waals surface area contributed by atoms with Crippen LogP contribution in [0, 0.1) is 0 Å². The summed E-state index contributed by atoms with van der Waals surface area (Å²) in [5.74, 6) is -1.46. The second-order valence-corrected chi connectivity index (χ2v) is 4.40. The van der Waals surface area contributed by atoms with Gasteiger partial charge in [0, 0.05) is 7.05 Å². The Bertz CT molecular complexity index is 412. The van der Waals surface area contributed by atoms with Crippen molar-refractivity contribution in [2.24, 2.45) is 0 Å². The van der Waals surface area contributed by atoms with E-state index in [-0.39, 0.29) is 13.1 Å². The lowest BCUT2D eigenvalue weighted by molar-refractivity contribution is -0.138. The standard InChI is InChI=1S/C12H20N4O5/c1-8(14-7-18)11(20)15-9(2)12(21)16(3)6-10(19)13-4-5-17/h5,7-9H,4,6H2,1-3H3,(H,13,19)(H,14,18)(H,15,20)/t8?,9-/m0/s1. The maximum Gasteiger partial charge on any atom is 0.245 e. The van der Waals surface area contributed by atoms with Crippen molar-refractivity contribution in [3.63, 3.8) is 0 Å². The highest BCUT2D eigenvalue weighted by atomic mass is 16.2. The van der Waals surface area contributed by atoms with E-state index in [1.54, 1.807) is 0 Å². The first-order valence-electron chi connectivity index (χ1n) is 6.28. The molecule has 4 amide bonds. The highest BCUT2D eigenvalue weighted by Crippen LogP contribution is 1.93. The molecule has 0 bridgehead atoms. The van der Waals surface area contributed by atoms with Gasteiger partial charge >= 0.3 is 0 Å². The second-order valence-electron chi connectivity index (χ2n) is 4.40. The van der Waals surface area contributed by atoms with Crippen molar-refractivity contribution in [3.05, 3.63) is 0 Å². The molecule has 2 atom stereocenters. The molecule has 0 rings (SSSR count). The third-order valence-corrected chi connectivity index (χ3v) is 2.58. The Morgan fingerprint density at radius 2 is 1.76 bits per heavy atom. The summed E-state index contributed by atoms with van der Waals surface area (Å²) in [6, 6.07) is -1.61. The number of hydrogen-bond donors (Lipinski definition) is 3. The molecule has 0 spiro atoms. The monoisotopic (exact) mass is 300 g/mol. The fraction of sp³-hybridized carbons (Fsp3) is 0.583. The minimum Gasteiger partial charge on any atom is -0.348 e. The summed E-state index contributed by atoms with van der Waals surface area (Å²) in [4.78, 5) is 56.4. The van der Waals surface area contributed by atoms with Crippen LogP contribution in [0.25, 0.3) is 0 Å². The molecule has 0 saturated carbocycles. The number of likely N-dealkylation sites (N-methyl/N-ethyl adjacent to an activating group) is 1. The van der Waals surface area contributed by atoms with Crippen LogP contribution in [0.5, 0.6) is 0 Å². The van der Waals surface area contributed by atoms with Crippen molar-refractivity contribution in [3.8, 4) is 0 Å². The van der Waals surface area contributed by atoms with Crippen molar-refractivity contribution < 1.29 is 24.0 Å². The molecule has 0 radical (unpaired) electrons. The number of aldehydes is 1. The molecule has 21 heavy (non-hydrogen) atoms. The molecule has 118 valence electrons. The van der Waals surface area contributed by atoms with E-state index >= 15 is 0 Å². The topological polar surface area (TPSA) is 125 Å². The van der Waals surface area contributed by atoms with Crippen LogP contribution >= 0.6 is 0 Å². The lowest BCUT2D eigenvalue weighted by Gasteiger charge is -2.22. The first-order valence-corrected chi connectivity index (χ1v) is 6.28. The quantitative estimate of drug-likeness (QED) is 0.403. The fourth-order valence-electron chi connectivity index (χ4n) is 1.41. The van der Waals surface area contributed by atoms with E-state index < -0.39 is 29.8 Å². The van der Waals surface area contributed by atoms with Gasteiger partial charge < -0.3 is 25.6 Å². The zero-order chi connectivity index (χ0) is 16.4. The summed E-state index contributed by atoms with van der Waals surface area (Å²) in [7, 11) is 1.40. The van der Waals surface area contributed by atoms with Crippen molar-refractivity contribution in [1.82, 2.24) is 20.9 Å². The molecule has 0 aliphatic heterocycles. The largest absolute Gasteiger partial charge is 0.348 e. The second kappa shape index (κ2) is 9.45. The molecule has 0 heterocycles. The molecule has 9 nitrogen and oxygen atoms in total. The van der Waals surface area contributed by atoms with Crippen molar-refractivity contribution in [1.29, 1.82) is 0 Å². The number of amides is 4. The Morgan fingerprint density at radius 1 is 1.14 bits per heavy atom. The Balaban J connectivity index is 4.35. The zero-order valence-corrected chi connectivity index (χ0v) is 12.2. The van der Waals surface area contributed by atoms with Crippen LogP contribution in [0.4, 0.5) is 0 Å². The van der Waals surface area contributed by atoms with Gasteiger partial charge in [-0.05, 0) is 13.8 Å². The Morgan fingerprint density at radius 3 is 2.29 bits per heavy atom. The number of rotatable bonds is 9. The van der Waals surface area contributed by atoms with Crippen LogP contribution in [0.1, 0.15) is 13.8 Å². The summed E-state index contributed by atoms with van der Waals surface area (Å²) in [5.41, 5.74) is 0. The summed E-state index contributed by atoms with van der Waals surface area (Å²) in [6.45, 7) is 2.59. The van der Waals surface area contributed by atoms with Gasteiger partial charge in [-0.2, -0.15) is 0 Å². The molecule has 0 aliphatic rings. The van der Waals surface area contributed by atoms with Crippen LogP contribution in [0.3, 0.4) is 0 Å². The zero-order valence-electron chi connectivity index (χ0n) is 12.2. The van der Waals surface area contributed by atoms with Gasteiger partial charge in [0.1, 0.15) is 18.4 Å². The molecule has 0 aliphatic carbocycles. The van der Waals surface area contributed by atoms with E-state index in [0.717, 1.165) is 4.90 Å². The van der Waals surface area contributed by atoms with Crippen LogP contribution in [0.15, 0.2) is 0 Å². The van der Waals surface area contributed by atoms with E-state index in [4.69, 9.17) is 0 Å². The number of hydrogen-bond acceptors (Lipinski definition) is 5. The minimum absolute atomic E-state index is 0.123. The molecule has 0 aromatic rings. The van der Waals surface area contributed by atoms with Crippen LogP contribution in [-0.2, 0) is 24.0 Å². The van der Waals surface area contributed by atoms with Gasteiger partial charge in [0.15, 0.2) is 0 Å². The van der Waals surface area contributed by atoms with Crippen LogP contribution in [0.2, 0.25) is 0 Å². The molecule has 1 unspecified atom stereocenters. The van der Waals surface area contributed by atoms with Gasteiger partial charge in [-0.25, -0.2) is 0 Å². The molecule has 0 fully saturated rings. The van der Waals surface area contributed by atoms with Gasteiger partial charge in [0.2, 0.25) is 24.1 Å². The van der Waals surface area contributed by atoms with E-state index in [1.165, 1.54) is 20.9 Å². The Hall–Kier alpha value is -2.45. The number of carbonyl (C=O) groups excluding carboxylic acids is 5. The third-order valence-electron chi connectivity index (χ3n) is 2.58. The molecule has 9 heteroatoms. The number of carbonyl (C=O) groups is 5. The first-order chi connectivity index (χ1) is 9.83. The summed E-state index contributed by atoms with van der Waals surface area (Å²) < 4.78 is 0. The van der Waals surface area contributed by atoms with Gasteiger partial charge in [0.25, 0.3) is 0 Å². The van der Waals surface area contributed by atoms with Crippen LogP contribution in [-0.4, -0.2) is 67.5 Å². The average molecular weight is 300 g/mol. The Labute approximate surface area is 122 Å². The predicted molar refractivity (Wildman–Crippen MR) is 73.0 cm³/mol. The van der Waals surface area contributed by atoms with E-state index in [9.17, 15) is 24.0 Å². The normalized spacial score (nSPS) is 12.5. The minimum atomic E-state index is -0.850. The summed E-state index contributed by atoms with van der Waals surface area (Å²) in [6.07, 6.45) is 0.921. The maximum absolute atomic E-state index is 11.9. The van der Waals surface area contributed by atoms with Crippen molar-refractivity contribution >= 4 is 30.4 Å². The van der Waals surface area contributed by atoms with Crippen molar-refractivity contribution in [2.75, 3.05) is 20.1 Å². The molecular formula is C12H20N4O5. The van der Waals surface area contributed by atoms with Gasteiger partial charge in [0.05, 0.1) is 13.1 Å². The molecule has 0 saturated heterocycles. The van der Waals surface area contributed by atoms with Gasteiger partial charge in [-0.15, -0.1) is 0 Å². The molecule has 0 aromatic heterocycles. The summed E-state index contributed by atoms with van der Waals surface area (Å²) >= 11 is 0. The van der Waals surface area contributed by atoms with E-state index in [1.807, 2.05) is 0 Å². The predicted octanol–water partition coefficient (Wildman–Crippen LogP) is -2.60. The van der Waals surface area contributed by atoms with E-state index in [0.29, 0.717) is 12.7 Å². The highest BCUT2D eigenvalue weighted by Gasteiger charge is 2.22. The number of nitrogens with zero attached hydrogens (tertiary/aromatic N) is 1. The van der Waals surface area contributed by atoms with Gasteiger partial charge in [-0.3, -0.25) is 19.2 Å². The van der Waals surface area contributed by atoms with Crippen LogP contribution < -0.4 is 16.0 Å². The molecular weight excluding hydrogens is 280 g/mol.